The van der Waals surface area contributed by atoms with E-state index in [1.165, 1.54) is 17.1 Å². The summed E-state index contributed by atoms with van der Waals surface area (Å²) in [5, 5.41) is 14.7. The zero-order valence-corrected chi connectivity index (χ0v) is 18.3. The number of carboxylic acids is 1. The Morgan fingerprint density at radius 3 is 2.56 bits per heavy atom. The molecule has 0 atom stereocenters. The Morgan fingerprint density at radius 1 is 1.09 bits per heavy atom. The minimum atomic E-state index is -1.07. The first-order valence-electron chi connectivity index (χ1n) is 10.2. The number of benzene rings is 2. The van der Waals surface area contributed by atoms with E-state index in [2.05, 4.69) is 5.10 Å². The number of hydrogen-bond donors (Lipinski definition) is 1. The monoisotopic (exact) mass is 432 g/mol. The van der Waals surface area contributed by atoms with Gasteiger partial charge in [-0.2, -0.15) is 10.1 Å². The predicted octanol–water partition coefficient (Wildman–Crippen LogP) is 5.49. The number of carboxylic acid groups (broad SMARTS) is 1. The van der Waals surface area contributed by atoms with Crippen molar-refractivity contribution in [3.8, 4) is 17.1 Å². The molecule has 0 bridgehead atoms. The number of ether oxygens (including phenoxy) is 1. The fourth-order valence-electron chi connectivity index (χ4n) is 3.20. The largest absolute Gasteiger partial charge is 0.496 e. The Kier molecular flexibility index (Phi) is 6.90. The molecule has 1 aliphatic heterocycles. The van der Waals surface area contributed by atoms with Crippen LogP contribution < -0.4 is 9.75 Å². The Morgan fingerprint density at radius 2 is 1.84 bits per heavy atom. The Hall–Kier alpha value is -4.13. The molecule has 1 aliphatic rings. The molecule has 0 unspecified atom stereocenters. The molecular weight excluding hydrogens is 408 g/mol. The van der Waals surface area contributed by atoms with Crippen molar-refractivity contribution in [2.45, 2.75) is 20.8 Å². The summed E-state index contributed by atoms with van der Waals surface area (Å²) in [6.07, 6.45) is 1.63. The second kappa shape index (κ2) is 9.78. The highest BCUT2D eigenvalue weighted by Crippen LogP contribution is 2.32. The van der Waals surface area contributed by atoms with Gasteiger partial charge < -0.3 is 14.3 Å². The Bertz CT molecular complexity index is 1210. The quantitative estimate of drug-likeness (QED) is 0.539. The molecule has 1 aromatic heterocycles. The van der Waals surface area contributed by atoms with Gasteiger partial charge in [-0.15, -0.1) is 0 Å². The summed E-state index contributed by atoms with van der Waals surface area (Å²) in [4.78, 5) is 24.1. The molecule has 1 N–H and O–H groups in total. The summed E-state index contributed by atoms with van der Waals surface area (Å²) in [5.74, 6) is 0.371. The molecule has 2 aromatic carbocycles. The van der Waals surface area contributed by atoms with Crippen LogP contribution in [0.4, 0.5) is 5.69 Å². The van der Waals surface area contributed by atoms with Crippen molar-refractivity contribution in [3.05, 3.63) is 77.6 Å². The molecule has 2 heterocycles. The molecule has 32 heavy (non-hydrogen) atoms. The van der Waals surface area contributed by atoms with Gasteiger partial charge in [-0.1, -0.05) is 32.0 Å². The lowest BCUT2D eigenvalue weighted by molar-refractivity contribution is -0.114. The van der Waals surface area contributed by atoms with Crippen LogP contribution in [0, 0.1) is 0 Å². The molecule has 0 fully saturated rings. The lowest BCUT2D eigenvalue weighted by Crippen LogP contribution is -2.21. The van der Waals surface area contributed by atoms with Crippen molar-refractivity contribution in [1.29, 1.82) is 0 Å². The van der Waals surface area contributed by atoms with E-state index in [9.17, 15) is 14.7 Å². The average molecular weight is 432 g/mol. The molecule has 1 amide bonds. The Labute approximate surface area is 186 Å². The van der Waals surface area contributed by atoms with Crippen LogP contribution >= 0.6 is 0 Å². The van der Waals surface area contributed by atoms with Gasteiger partial charge in [-0.3, -0.25) is 4.79 Å². The number of methoxy groups -OCH3 is 1. The van der Waals surface area contributed by atoms with Gasteiger partial charge in [0, 0.05) is 0 Å². The van der Waals surface area contributed by atoms with Crippen molar-refractivity contribution in [2.75, 3.05) is 12.1 Å². The topological polar surface area (TPSA) is 92.3 Å². The van der Waals surface area contributed by atoms with Gasteiger partial charge in [-0.25, -0.2) is 4.79 Å². The van der Waals surface area contributed by atoms with Crippen molar-refractivity contribution in [3.63, 3.8) is 0 Å². The lowest BCUT2D eigenvalue weighted by Gasteiger charge is -2.12. The van der Waals surface area contributed by atoms with Crippen LogP contribution in [0.5, 0.6) is 5.75 Å². The van der Waals surface area contributed by atoms with Gasteiger partial charge in [0.25, 0.3) is 5.91 Å². The molecule has 4 rings (SSSR count). The predicted molar refractivity (Wildman–Crippen MR) is 124 cm³/mol. The van der Waals surface area contributed by atoms with Crippen LogP contribution in [0.25, 0.3) is 17.4 Å². The number of hydrogen-bond acceptors (Lipinski definition) is 5. The van der Waals surface area contributed by atoms with Crippen LogP contribution in [-0.2, 0) is 4.79 Å². The number of nitrogens with zero attached hydrogens (tertiary/aromatic N) is 2. The van der Waals surface area contributed by atoms with E-state index < -0.39 is 5.97 Å². The average Bonchev–Trinajstić information content (AvgIpc) is 3.40. The zero-order chi connectivity index (χ0) is 23.3. The van der Waals surface area contributed by atoms with E-state index in [1.807, 2.05) is 44.2 Å². The van der Waals surface area contributed by atoms with Crippen LogP contribution in [0.1, 0.15) is 36.9 Å². The maximum Gasteiger partial charge on any atom is 0.335 e. The fraction of sp³-hybridized carbons (Fsp3) is 0.160. The number of aromatic carboxylic acids is 1. The smallest absolute Gasteiger partial charge is 0.335 e. The van der Waals surface area contributed by atoms with Gasteiger partial charge in [0.15, 0.2) is 0 Å². The minimum absolute atomic E-state index is 0.0815. The second-order valence-corrected chi connectivity index (χ2v) is 6.62. The van der Waals surface area contributed by atoms with Crippen molar-refractivity contribution >= 4 is 29.4 Å². The van der Waals surface area contributed by atoms with Crippen molar-refractivity contribution in [2.24, 2.45) is 5.10 Å². The summed E-state index contributed by atoms with van der Waals surface area (Å²) in [7, 11) is 1.59. The number of amides is 1. The normalized spacial score (nSPS) is 14.1. The lowest BCUT2D eigenvalue weighted by atomic mass is 10.1. The molecule has 7 nitrogen and oxygen atoms in total. The first-order valence-corrected chi connectivity index (χ1v) is 10.2. The number of carbonyl (C=O) groups is 2. The van der Waals surface area contributed by atoms with E-state index >= 15 is 0 Å². The Balaban J connectivity index is 0.00000141. The van der Waals surface area contributed by atoms with E-state index in [1.54, 1.807) is 38.3 Å². The van der Waals surface area contributed by atoms with E-state index in [0.717, 1.165) is 5.56 Å². The number of para-hydroxylation sites is 1. The highest BCUT2D eigenvalue weighted by atomic mass is 16.5. The number of furan rings is 1. The van der Waals surface area contributed by atoms with Gasteiger partial charge in [0.2, 0.25) is 0 Å². The standard InChI is InChI=1S/C23H18N2O5.C2H6/c1-14-19(22(26)25(24-14)16-7-5-6-15(12-16)23(27)28)13-17-10-11-21(30-17)18-8-3-4-9-20(18)29-2;1-2/h3-13H,1-2H3,(H,27,28);1-2H3/b19-13-;. The molecular formula is C25H24N2O5. The van der Waals surface area contributed by atoms with Gasteiger partial charge in [0.1, 0.15) is 17.3 Å². The molecule has 0 radical (unpaired) electrons. The van der Waals surface area contributed by atoms with E-state index in [4.69, 9.17) is 9.15 Å². The highest BCUT2D eigenvalue weighted by Gasteiger charge is 2.29. The maximum atomic E-state index is 12.9. The molecule has 0 saturated carbocycles. The number of hydrazone groups is 1. The number of rotatable bonds is 5. The second-order valence-electron chi connectivity index (χ2n) is 6.62. The van der Waals surface area contributed by atoms with Crippen LogP contribution in [-0.4, -0.2) is 29.8 Å². The molecule has 0 saturated heterocycles. The van der Waals surface area contributed by atoms with Crippen LogP contribution in [0.3, 0.4) is 0 Å². The summed E-state index contributed by atoms with van der Waals surface area (Å²) >= 11 is 0. The van der Waals surface area contributed by atoms with Gasteiger partial charge in [-0.05, 0) is 55.5 Å². The molecule has 0 spiro atoms. The fourth-order valence-corrected chi connectivity index (χ4v) is 3.20. The number of carbonyl (C=O) groups excluding carboxylic acids is 1. The SMILES string of the molecule is CC.COc1ccccc1-c1ccc(/C=C2\C(=O)N(c3cccc(C(=O)O)c3)N=C2C)o1. The van der Waals surface area contributed by atoms with E-state index in [-0.39, 0.29) is 11.5 Å². The summed E-state index contributed by atoms with van der Waals surface area (Å²) in [5.41, 5.74) is 2.15. The van der Waals surface area contributed by atoms with Gasteiger partial charge >= 0.3 is 5.97 Å². The van der Waals surface area contributed by atoms with Crippen LogP contribution in [0.15, 0.2) is 75.8 Å². The maximum absolute atomic E-state index is 12.9. The zero-order valence-electron chi connectivity index (χ0n) is 18.3. The molecule has 0 aliphatic carbocycles. The van der Waals surface area contributed by atoms with E-state index in [0.29, 0.717) is 34.2 Å². The summed E-state index contributed by atoms with van der Waals surface area (Å²) in [6, 6.07) is 17.1. The summed E-state index contributed by atoms with van der Waals surface area (Å²) in [6.45, 7) is 5.72. The first-order chi connectivity index (χ1) is 15.5. The molecule has 7 heteroatoms. The first kappa shape index (κ1) is 22.6. The highest BCUT2D eigenvalue weighted by molar-refractivity contribution is 6.32. The third-order valence-corrected chi connectivity index (χ3v) is 4.69. The third-order valence-electron chi connectivity index (χ3n) is 4.69. The molecule has 3 aromatic rings. The van der Waals surface area contributed by atoms with Crippen molar-refractivity contribution in [1.82, 2.24) is 0 Å². The van der Waals surface area contributed by atoms with Crippen molar-refractivity contribution < 1.29 is 23.8 Å². The molecule has 164 valence electrons. The van der Waals surface area contributed by atoms with Gasteiger partial charge in [0.05, 0.1) is 35.2 Å². The minimum Gasteiger partial charge on any atom is -0.496 e. The summed E-state index contributed by atoms with van der Waals surface area (Å²) < 4.78 is 11.3. The number of anilines is 1. The third kappa shape index (κ3) is 4.46. The van der Waals surface area contributed by atoms with Crippen LogP contribution in [0.2, 0.25) is 0 Å².